The minimum absolute atomic E-state index is 0. The quantitative estimate of drug-likeness (QED) is 0.270. The first kappa shape index (κ1) is 21.5. The average molecular weight is 437 g/mol. The molecule has 0 atom stereocenters. The Hall–Kier alpha value is -0.470. The summed E-state index contributed by atoms with van der Waals surface area (Å²) < 4.78 is 5.28. The Morgan fingerprint density at radius 1 is 1.18 bits per heavy atom. The first-order valence-corrected chi connectivity index (χ1v) is 8.57. The van der Waals surface area contributed by atoms with Crippen molar-refractivity contribution in [1.82, 2.24) is 10.6 Å². The van der Waals surface area contributed by atoms with E-state index in [9.17, 15) is 0 Å². The Morgan fingerprint density at radius 3 is 2.50 bits per heavy atom. The molecule has 1 aromatic rings. The number of aryl methyl sites for hydroxylation is 1. The molecule has 0 spiro atoms. The number of rotatable bonds is 9. The lowest BCUT2D eigenvalue weighted by Gasteiger charge is -2.11. The zero-order valence-electron chi connectivity index (χ0n) is 13.7. The van der Waals surface area contributed by atoms with Gasteiger partial charge in [0, 0.05) is 38.2 Å². The molecule has 0 aliphatic rings. The van der Waals surface area contributed by atoms with E-state index < -0.39 is 0 Å². The van der Waals surface area contributed by atoms with Crippen LogP contribution in [0.25, 0.3) is 0 Å². The van der Waals surface area contributed by atoms with E-state index in [-0.39, 0.29) is 24.0 Å². The third kappa shape index (κ3) is 10.3. The van der Waals surface area contributed by atoms with Gasteiger partial charge in [-0.1, -0.05) is 29.8 Å². The maximum atomic E-state index is 5.28. The van der Waals surface area contributed by atoms with Crippen LogP contribution in [0.2, 0.25) is 0 Å². The van der Waals surface area contributed by atoms with Gasteiger partial charge in [-0.2, -0.15) is 11.8 Å². The number of hydrogen-bond donors (Lipinski definition) is 2. The highest BCUT2D eigenvalue weighted by atomic mass is 127. The Morgan fingerprint density at radius 2 is 1.86 bits per heavy atom. The van der Waals surface area contributed by atoms with E-state index in [4.69, 9.17) is 4.74 Å². The van der Waals surface area contributed by atoms with Crippen molar-refractivity contribution in [3.8, 4) is 0 Å². The van der Waals surface area contributed by atoms with Gasteiger partial charge in [-0.15, -0.1) is 24.0 Å². The summed E-state index contributed by atoms with van der Waals surface area (Å²) in [6, 6.07) is 8.73. The number of hydrogen-bond acceptors (Lipinski definition) is 3. The second kappa shape index (κ2) is 14.1. The predicted molar refractivity (Wildman–Crippen MR) is 109 cm³/mol. The summed E-state index contributed by atoms with van der Waals surface area (Å²) in [6.07, 6.45) is 0. The molecule has 2 N–H and O–H groups in total. The van der Waals surface area contributed by atoms with Crippen LogP contribution in [0.4, 0.5) is 0 Å². The van der Waals surface area contributed by atoms with Gasteiger partial charge in [-0.25, -0.2) is 0 Å². The van der Waals surface area contributed by atoms with Crippen molar-refractivity contribution in [1.29, 1.82) is 0 Å². The molecule has 1 rings (SSSR count). The van der Waals surface area contributed by atoms with Gasteiger partial charge in [0.2, 0.25) is 0 Å². The van der Waals surface area contributed by atoms with Crippen LogP contribution in [0.1, 0.15) is 18.1 Å². The predicted octanol–water partition coefficient (Wildman–Crippen LogP) is 3.05. The van der Waals surface area contributed by atoms with E-state index in [2.05, 4.69) is 46.8 Å². The lowest BCUT2D eigenvalue weighted by atomic mass is 10.2. The van der Waals surface area contributed by atoms with Crippen LogP contribution in [0.15, 0.2) is 29.3 Å². The van der Waals surface area contributed by atoms with Crippen molar-refractivity contribution in [3.63, 3.8) is 0 Å². The maximum absolute atomic E-state index is 5.28. The molecule has 0 radical (unpaired) electrons. The third-order valence-electron chi connectivity index (χ3n) is 2.89. The number of aliphatic imine (C=N–C) groups is 1. The zero-order chi connectivity index (χ0) is 15.3. The molecule has 0 heterocycles. The molecule has 0 amide bonds. The van der Waals surface area contributed by atoms with E-state index in [1.807, 2.05) is 18.7 Å². The first-order valence-electron chi connectivity index (χ1n) is 7.41. The van der Waals surface area contributed by atoms with Gasteiger partial charge in [0.15, 0.2) is 5.96 Å². The van der Waals surface area contributed by atoms with E-state index >= 15 is 0 Å². The molecule has 126 valence electrons. The van der Waals surface area contributed by atoms with Gasteiger partial charge in [0.05, 0.1) is 6.61 Å². The first-order chi connectivity index (χ1) is 10.3. The number of benzene rings is 1. The maximum Gasteiger partial charge on any atom is 0.191 e. The molecule has 0 aliphatic heterocycles. The highest BCUT2D eigenvalue weighted by Gasteiger charge is 1.97. The van der Waals surface area contributed by atoms with Crippen LogP contribution in [-0.4, -0.2) is 45.1 Å². The Bertz CT molecular complexity index is 412. The van der Waals surface area contributed by atoms with Crippen molar-refractivity contribution >= 4 is 41.7 Å². The summed E-state index contributed by atoms with van der Waals surface area (Å²) in [7, 11) is 1.79. The largest absolute Gasteiger partial charge is 0.380 e. The topological polar surface area (TPSA) is 45.6 Å². The molecule has 0 aliphatic carbocycles. The molecular formula is C16H28IN3OS. The van der Waals surface area contributed by atoms with Crippen molar-refractivity contribution in [2.75, 3.05) is 39.1 Å². The van der Waals surface area contributed by atoms with Crippen LogP contribution in [0.3, 0.4) is 0 Å². The molecule has 0 bridgehead atoms. The van der Waals surface area contributed by atoms with Crippen molar-refractivity contribution < 1.29 is 4.74 Å². The van der Waals surface area contributed by atoms with Gasteiger partial charge in [0.1, 0.15) is 0 Å². The van der Waals surface area contributed by atoms with Crippen LogP contribution in [0, 0.1) is 6.92 Å². The van der Waals surface area contributed by atoms with Crippen LogP contribution >= 0.6 is 35.7 Å². The molecule has 4 nitrogen and oxygen atoms in total. The number of guanidine groups is 1. The zero-order valence-corrected chi connectivity index (χ0v) is 16.9. The fourth-order valence-corrected chi connectivity index (χ4v) is 2.54. The molecule has 0 aromatic heterocycles. The van der Waals surface area contributed by atoms with Crippen LogP contribution in [0.5, 0.6) is 0 Å². The Balaban J connectivity index is 0.00000441. The lowest BCUT2D eigenvalue weighted by molar-refractivity contribution is 0.152. The highest BCUT2D eigenvalue weighted by molar-refractivity contribution is 14.0. The van der Waals surface area contributed by atoms with Gasteiger partial charge in [-0.3, -0.25) is 4.99 Å². The van der Waals surface area contributed by atoms with Crippen molar-refractivity contribution in [2.45, 2.75) is 19.6 Å². The van der Waals surface area contributed by atoms with Crippen LogP contribution in [-0.2, 0) is 10.5 Å². The molecular weight excluding hydrogens is 409 g/mol. The molecule has 22 heavy (non-hydrogen) atoms. The van der Waals surface area contributed by atoms with E-state index in [1.165, 1.54) is 11.1 Å². The molecule has 0 fully saturated rings. The number of thioether (sulfide) groups is 1. The minimum Gasteiger partial charge on any atom is -0.380 e. The van der Waals surface area contributed by atoms with Gasteiger partial charge in [-0.05, 0) is 19.4 Å². The van der Waals surface area contributed by atoms with Gasteiger partial charge >= 0.3 is 0 Å². The molecule has 0 saturated carbocycles. The van der Waals surface area contributed by atoms with Gasteiger partial charge in [0.25, 0.3) is 0 Å². The second-order valence-corrected chi connectivity index (χ2v) is 5.77. The third-order valence-corrected chi connectivity index (χ3v) is 3.93. The summed E-state index contributed by atoms with van der Waals surface area (Å²) in [4.78, 5) is 4.18. The summed E-state index contributed by atoms with van der Waals surface area (Å²) in [5.74, 6) is 2.95. The standard InChI is InChI=1S/C16H27N3OS.HI/c1-4-20-11-9-18-16(17-3)19-10-12-21-13-15-7-5-14(2)6-8-15;/h5-8H,4,9-13H2,1-3H3,(H2,17,18,19);1H. The molecule has 0 saturated heterocycles. The van der Waals surface area contributed by atoms with Crippen molar-refractivity contribution in [2.24, 2.45) is 4.99 Å². The second-order valence-electron chi connectivity index (χ2n) is 4.66. The Labute approximate surface area is 155 Å². The summed E-state index contributed by atoms with van der Waals surface area (Å²) >= 11 is 1.93. The van der Waals surface area contributed by atoms with E-state index in [0.717, 1.165) is 37.2 Å². The summed E-state index contributed by atoms with van der Waals surface area (Å²) in [5, 5.41) is 6.53. The number of nitrogens with one attached hydrogen (secondary N) is 2. The fourth-order valence-electron chi connectivity index (χ4n) is 1.72. The smallest absolute Gasteiger partial charge is 0.191 e. The number of ether oxygens (including phenoxy) is 1. The monoisotopic (exact) mass is 437 g/mol. The van der Waals surface area contributed by atoms with E-state index in [1.54, 1.807) is 7.05 Å². The molecule has 6 heteroatoms. The minimum atomic E-state index is 0. The van der Waals surface area contributed by atoms with Gasteiger partial charge < -0.3 is 15.4 Å². The summed E-state index contributed by atoms with van der Waals surface area (Å²) in [5.41, 5.74) is 2.69. The number of nitrogens with zero attached hydrogens (tertiary/aromatic N) is 1. The highest BCUT2D eigenvalue weighted by Crippen LogP contribution is 2.12. The van der Waals surface area contributed by atoms with E-state index in [0.29, 0.717) is 6.61 Å². The fraction of sp³-hybridized carbons (Fsp3) is 0.562. The average Bonchev–Trinajstić information content (AvgIpc) is 2.51. The molecule has 0 unspecified atom stereocenters. The molecule has 1 aromatic carbocycles. The normalized spacial score (nSPS) is 11.0. The van der Waals surface area contributed by atoms with Crippen LogP contribution < -0.4 is 10.6 Å². The lowest BCUT2D eigenvalue weighted by Crippen LogP contribution is -2.39. The van der Waals surface area contributed by atoms with Crippen molar-refractivity contribution in [3.05, 3.63) is 35.4 Å². The number of halogens is 1. The Kier molecular flexibility index (Phi) is 13.8. The summed E-state index contributed by atoms with van der Waals surface area (Å²) in [6.45, 7) is 7.26. The SMILES string of the molecule is CCOCCNC(=NC)NCCSCc1ccc(C)cc1.I.